The van der Waals surface area contributed by atoms with Crippen LogP contribution in [0.4, 0.5) is 0 Å². The van der Waals surface area contributed by atoms with Crippen LogP contribution < -0.4 is 11.5 Å². The molecule has 2 aromatic rings. The first-order chi connectivity index (χ1) is 7.68. The van der Waals surface area contributed by atoms with E-state index in [-0.39, 0.29) is 11.7 Å². The number of aromatic nitrogens is 2. The monoisotopic (exact) mass is 218 g/mol. The third kappa shape index (κ3) is 1.91. The summed E-state index contributed by atoms with van der Waals surface area (Å²) in [5, 5.41) is 3.42. The van der Waals surface area contributed by atoms with Gasteiger partial charge in [0.15, 0.2) is 0 Å². The molecule has 0 aliphatic carbocycles. The normalized spacial score (nSPS) is 12.3. The molecule has 4 N–H and O–H groups in total. The Balaban J connectivity index is 2.27. The van der Waals surface area contributed by atoms with Gasteiger partial charge in [-0.15, -0.1) is 0 Å². The van der Waals surface area contributed by atoms with Crippen molar-refractivity contribution in [2.75, 3.05) is 0 Å². The summed E-state index contributed by atoms with van der Waals surface area (Å²) in [7, 11) is 0. The number of rotatable bonds is 3. The van der Waals surface area contributed by atoms with Gasteiger partial charge in [-0.2, -0.15) is 4.98 Å². The third-order valence-corrected chi connectivity index (χ3v) is 2.09. The van der Waals surface area contributed by atoms with Gasteiger partial charge in [0.2, 0.25) is 5.89 Å². The summed E-state index contributed by atoms with van der Waals surface area (Å²) < 4.78 is 4.86. The van der Waals surface area contributed by atoms with Gasteiger partial charge in [0.25, 0.3) is 11.7 Å². The highest BCUT2D eigenvalue weighted by Crippen LogP contribution is 2.16. The van der Waals surface area contributed by atoms with E-state index in [0.29, 0.717) is 0 Å². The van der Waals surface area contributed by atoms with Crippen molar-refractivity contribution in [3.63, 3.8) is 0 Å². The first-order valence-corrected chi connectivity index (χ1v) is 4.62. The van der Waals surface area contributed by atoms with Gasteiger partial charge in [0.1, 0.15) is 6.04 Å². The highest BCUT2D eigenvalue weighted by molar-refractivity contribution is 5.88. The van der Waals surface area contributed by atoms with Gasteiger partial charge in [-0.25, -0.2) is 0 Å². The zero-order valence-corrected chi connectivity index (χ0v) is 8.33. The zero-order chi connectivity index (χ0) is 11.5. The lowest BCUT2D eigenvalue weighted by Gasteiger charge is -2.05. The lowest BCUT2D eigenvalue weighted by molar-refractivity contribution is 0.0987. The summed E-state index contributed by atoms with van der Waals surface area (Å²) in [5.74, 6) is -0.739. The molecular weight excluding hydrogens is 208 g/mol. The van der Waals surface area contributed by atoms with Crippen LogP contribution in [-0.2, 0) is 0 Å². The average Bonchev–Trinajstić information content (AvgIpc) is 2.78. The summed E-state index contributed by atoms with van der Waals surface area (Å²) in [5.41, 5.74) is 11.7. The molecule has 6 nitrogen and oxygen atoms in total. The van der Waals surface area contributed by atoms with E-state index in [1.165, 1.54) is 0 Å². The van der Waals surface area contributed by atoms with Crippen molar-refractivity contribution in [3.8, 4) is 0 Å². The maximum Gasteiger partial charge on any atom is 0.290 e. The number of hydrogen-bond acceptors (Lipinski definition) is 5. The van der Waals surface area contributed by atoms with Crippen molar-refractivity contribution in [3.05, 3.63) is 47.6 Å². The molecule has 16 heavy (non-hydrogen) atoms. The lowest BCUT2D eigenvalue weighted by Crippen LogP contribution is -2.15. The predicted octanol–water partition coefficient (Wildman–Crippen LogP) is 0.217. The van der Waals surface area contributed by atoms with Gasteiger partial charge >= 0.3 is 0 Å². The summed E-state index contributed by atoms with van der Waals surface area (Å²) in [6.07, 6.45) is 0. The number of hydrogen-bond donors (Lipinski definition) is 2. The Hall–Kier alpha value is -2.21. The van der Waals surface area contributed by atoms with Gasteiger partial charge in [-0.1, -0.05) is 35.5 Å². The summed E-state index contributed by atoms with van der Waals surface area (Å²) >= 11 is 0. The zero-order valence-electron chi connectivity index (χ0n) is 8.33. The van der Waals surface area contributed by atoms with Gasteiger partial charge in [-0.3, -0.25) is 4.79 Å². The van der Waals surface area contributed by atoms with Crippen molar-refractivity contribution in [1.29, 1.82) is 0 Å². The minimum Gasteiger partial charge on any atom is -0.363 e. The Morgan fingerprint density at radius 2 is 2.00 bits per heavy atom. The van der Waals surface area contributed by atoms with E-state index in [4.69, 9.17) is 16.0 Å². The van der Waals surface area contributed by atoms with Crippen molar-refractivity contribution in [2.45, 2.75) is 6.04 Å². The van der Waals surface area contributed by atoms with Crippen LogP contribution in [0.1, 0.15) is 28.1 Å². The molecule has 82 valence electrons. The summed E-state index contributed by atoms with van der Waals surface area (Å²) in [4.78, 5) is 14.6. The standard InChI is InChI=1S/C10H10N4O2/c11-7(6-4-2-1-3-5-6)10-13-9(8(12)15)14-16-10/h1-5,7H,11H2,(H2,12,15)/t7-/m0/s1. The largest absolute Gasteiger partial charge is 0.363 e. The topological polar surface area (TPSA) is 108 Å². The average molecular weight is 218 g/mol. The predicted molar refractivity (Wildman–Crippen MR) is 55.3 cm³/mol. The minimum absolute atomic E-state index is 0.165. The van der Waals surface area contributed by atoms with E-state index in [9.17, 15) is 4.79 Å². The number of nitrogens with two attached hydrogens (primary N) is 2. The molecule has 1 aromatic carbocycles. The maximum absolute atomic E-state index is 10.8. The van der Waals surface area contributed by atoms with E-state index >= 15 is 0 Å². The Morgan fingerprint density at radius 3 is 2.56 bits per heavy atom. The van der Waals surface area contributed by atoms with Crippen LogP contribution in [0.3, 0.4) is 0 Å². The fraction of sp³-hybridized carbons (Fsp3) is 0.100. The maximum atomic E-state index is 10.8. The number of carbonyl (C=O) groups excluding carboxylic acids is 1. The Kier molecular flexibility index (Phi) is 2.65. The van der Waals surface area contributed by atoms with E-state index < -0.39 is 11.9 Å². The molecule has 1 atom stereocenters. The number of benzene rings is 1. The molecule has 0 aliphatic rings. The van der Waals surface area contributed by atoms with Gasteiger partial charge in [0.05, 0.1) is 0 Å². The lowest BCUT2D eigenvalue weighted by atomic mass is 10.1. The Labute approximate surface area is 91.2 Å². The van der Waals surface area contributed by atoms with Crippen molar-refractivity contribution >= 4 is 5.91 Å². The molecule has 0 spiro atoms. The minimum atomic E-state index is -0.740. The Morgan fingerprint density at radius 1 is 1.31 bits per heavy atom. The molecule has 6 heteroatoms. The van der Waals surface area contributed by atoms with E-state index in [1.807, 2.05) is 30.3 Å². The molecule has 1 amide bonds. The van der Waals surface area contributed by atoms with Crippen LogP contribution in [0, 0.1) is 0 Å². The van der Waals surface area contributed by atoms with E-state index in [2.05, 4.69) is 10.1 Å². The SMILES string of the molecule is NC(=O)c1noc([C@@H](N)c2ccccc2)n1. The van der Waals surface area contributed by atoms with Crippen LogP contribution in [0.15, 0.2) is 34.9 Å². The first-order valence-electron chi connectivity index (χ1n) is 4.62. The van der Waals surface area contributed by atoms with Crippen LogP contribution in [0.2, 0.25) is 0 Å². The quantitative estimate of drug-likeness (QED) is 0.765. The third-order valence-electron chi connectivity index (χ3n) is 2.09. The fourth-order valence-corrected chi connectivity index (χ4v) is 1.26. The molecule has 0 bridgehead atoms. The van der Waals surface area contributed by atoms with E-state index in [1.54, 1.807) is 0 Å². The van der Waals surface area contributed by atoms with Gasteiger partial charge < -0.3 is 16.0 Å². The molecule has 0 fully saturated rings. The van der Waals surface area contributed by atoms with Crippen LogP contribution >= 0.6 is 0 Å². The van der Waals surface area contributed by atoms with Gasteiger partial charge in [-0.05, 0) is 5.56 Å². The Bertz CT molecular complexity index is 495. The van der Waals surface area contributed by atoms with Crippen LogP contribution in [-0.4, -0.2) is 16.0 Å². The van der Waals surface area contributed by atoms with Crippen molar-refractivity contribution in [2.24, 2.45) is 11.5 Å². The molecule has 0 unspecified atom stereocenters. The second-order valence-corrected chi connectivity index (χ2v) is 3.21. The van der Waals surface area contributed by atoms with Crippen molar-refractivity contribution < 1.29 is 9.32 Å². The molecule has 0 radical (unpaired) electrons. The number of nitrogens with zero attached hydrogens (tertiary/aromatic N) is 2. The molecule has 2 rings (SSSR count). The fourth-order valence-electron chi connectivity index (χ4n) is 1.26. The molecule has 0 saturated carbocycles. The smallest absolute Gasteiger partial charge is 0.290 e. The molecule has 1 aromatic heterocycles. The molecule has 0 aliphatic heterocycles. The molecular formula is C10H10N4O2. The number of primary amides is 1. The van der Waals surface area contributed by atoms with Gasteiger partial charge in [0, 0.05) is 0 Å². The van der Waals surface area contributed by atoms with Crippen molar-refractivity contribution in [1.82, 2.24) is 10.1 Å². The molecule has 0 saturated heterocycles. The summed E-state index contributed by atoms with van der Waals surface area (Å²) in [6, 6.07) is 8.68. The second-order valence-electron chi connectivity index (χ2n) is 3.21. The second kappa shape index (κ2) is 4.11. The summed E-state index contributed by atoms with van der Waals surface area (Å²) in [6.45, 7) is 0. The highest BCUT2D eigenvalue weighted by atomic mass is 16.5. The van der Waals surface area contributed by atoms with Crippen LogP contribution in [0.25, 0.3) is 0 Å². The number of carbonyl (C=O) groups is 1. The van der Waals surface area contributed by atoms with E-state index in [0.717, 1.165) is 5.56 Å². The van der Waals surface area contributed by atoms with Crippen LogP contribution in [0.5, 0.6) is 0 Å². The highest BCUT2D eigenvalue weighted by Gasteiger charge is 2.18. The first kappa shape index (κ1) is 10.3. The molecule has 1 heterocycles. The number of amides is 1.